The number of hydrogen-bond acceptors (Lipinski definition) is 7. The van der Waals surface area contributed by atoms with Crippen molar-refractivity contribution >= 4 is 16.7 Å². The van der Waals surface area contributed by atoms with Crippen LogP contribution >= 0.6 is 0 Å². The molecule has 0 amide bonds. The van der Waals surface area contributed by atoms with E-state index in [1.54, 1.807) is 7.11 Å². The smallest absolute Gasteiger partial charge is 0.163 e. The largest absolute Gasteiger partial charge is 0.496 e. The molecule has 0 spiro atoms. The molecule has 3 aromatic heterocycles. The zero-order valence-electron chi connectivity index (χ0n) is 20.4. The minimum absolute atomic E-state index is 0.129. The molecule has 8 nitrogen and oxygen atoms in total. The molecule has 0 radical (unpaired) electrons. The van der Waals surface area contributed by atoms with Crippen LogP contribution in [0.5, 0.6) is 5.75 Å². The quantitative estimate of drug-likeness (QED) is 0.467. The summed E-state index contributed by atoms with van der Waals surface area (Å²) in [5.41, 5.74) is 3.85. The second kappa shape index (κ2) is 8.77. The summed E-state index contributed by atoms with van der Waals surface area (Å²) in [7, 11) is 3.63. The maximum absolute atomic E-state index is 5.69. The van der Waals surface area contributed by atoms with Crippen LogP contribution in [0.25, 0.3) is 22.3 Å². The third-order valence-corrected chi connectivity index (χ3v) is 5.52. The van der Waals surface area contributed by atoms with E-state index in [9.17, 15) is 0 Å². The number of rotatable bonds is 6. The Morgan fingerprint density at radius 3 is 2.52 bits per heavy atom. The molecule has 0 saturated carbocycles. The molecule has 0 unspecified atom stereocenters. The number of fused-ring (bicyclic) bond motifs is 1. The lowest BCUT2D eigenvalue weighted by Gasteiger charge is -2.20. The number of aryl methyl sites for hydroxylation is 2. The maximum atomic E-state index is 5.69. The molecule has 4 rings (SSSR count). The Morgan fingerprint density at radius 1 is 1.06 bits per heavy atom. The third kappa shape index (κ3) is 4.94. The van der Waals surface area contributed by atoms with Crippen molar-refractivity contribution in [3.63, 3.8) is 0 Å². The van der Waals surface area contributed by atoms with Crippen molar-refractivity contribution in [1.82, 2.24) is 29.7 Å². The maximum Gasteiger partial charge on any atom is 0.163 e. The molecule has 0 aliphatic rings. The van der Waals surface area contributed by atoms with Crippen LogP contribution in [-0.4, -0.2) is 43.4 Å². The highest BCUT2D eigenvalue weighted by atomic mass is 16.5. The first-order valence-electron chi connectivity index (χ1n) is 11.0. The summed E-state index contributed by atoms with van der Waals surface area (Å²) >= 11 is 0. The molecular formula is C25H31N7O. The van der Waals surface area contributed by atoms with E-state index in [1.165, 1.54) is 0 Å². The third-order valence-electron chi connectivity index (χ3n) is 5.52. The molecule has 0 aliphatic carbocycles. The average molecular weight is 446 g/mol. The van der Waals surface area contributed by atoms with Gasteiger partial charge in [-0.05, 0) is 31.4 Å². The van der Waals surface area contributed by atoms with Gasteiger partial charge in [0.15, 0.2) is 11.6 Å². The number of methoxy groups -OCH3 is 1. The first kappa shape index (κ1) is 22.6. The predicted molar refractivity (Wildman–Crippen MR) is 131 cm³/mol. The van der Waals surface area contributed by atoms with Crippen molar-refractivity contribution in [2.24, 2.45) is 12.5 Å². The Balaban J connectivity index is 1.67. The molecule has 1 N–H and O–H groups in total. The first-order chi connectivity index (χ1) is 15.6. The fraction of sp³-hybridized carbons (Fsp3) is 0.400. The Labute approximate surface area is 194 Å². The standard InChI is InChI=1S/C25H31N7O/c1-15-10-19-13-26-21(29-22(19)23(28-15)27-14-25(3,4)5)12-17-8-9-18(11-20(17)33-7)24-31-30-16(2)32(24)6/h8-11,13H,12,14H2,1-7H3,(H,27,28). The van der Waals surface area contributed by atoms with Gasteiger partial charge in [-0.15, -0.1) is 10.2 Å². The van der Waals surface area contributed by atoms with E-state index in [4.69, 9.17) is 14.7 Å². The molecule has 0 bridgehead atoms. The van der Waals surface area contributed by atoms with E-state index >= 15 is 0 Å². The summed E-state index contributed by atoms with van der Waals surface area (Å²) in [6, 6.07) is 8.07. The molecule has 0 atom stereocenters. The van der Waals surface area contributed by atoms with Crippen molar-refractivity contribution in [2.75, 3.05) is 19.0 Å². The molecule has 172 valence electrons. The van der Waals surface area contributed by atoms with Gasteiger partial charge in [-0.1, -0.05) is 32.9 Å². The average Bonchev–Trinajstić information content (AvgIpc) is 3.10. The Kier molecular flexibility index (Phi) is 6.01. The van der Waals surface area contributed by atoms with E-state index in [1.807, 2.05) is 55.9 Å². The van der Waals surface area contributed by atoms with Crippen molar-refractivity contribution in [3.8, 4) is 17.1 Å². The second-order valence-corrected chi connectivity index (χ2v) is 9.58. The number of nitrogens with zero attached hydrogens (tertiary/aromatic N) is 6. The number of benzene rings is 1. The molecule has 0 saturated heterocycles. The summed E-state index contributed by atoms with van der Waals surface area (Å²) in [5.74, 6) is 3.94. The molecule has 8 heteroatoms. The molecule has 3 heterocycles. The van der Waals surface area contributed by atoms with Gasteiger partial charge in [0, 0.05) is 48.4 Å². The van der Waals surface area contributed by atoms with Gasteiger partial charge >= 0.3 is 0 Å². The number of nitrogens with one attached hydrogen (secondary N) is 1. The minimum atomic E-state index is 0.129. The van der Waals surface area contributed by atoms with Crippen LogP contribution in [0, 0.1) is 19.3 Å². The summed E-state index contributed by atoms with van der Waals surface area (Å²) in [6.45, 7) is 11.3. The summed E-state index contributed by atoms with van der Waals surface area (Å²) in [6.07, 6.45) is 2.42. The van der Waals surface area contributed by atoms with E-state index < -0.39 is 0 Å². The van der Waals surface area contributed by atoms with Crippen LogP contribution in [0.2, 0.25) is 0 Å². The Bertz CT molecular complexity index is 1300. The number of hydrogen-bond donors (Lipinski definition) is 1. The monoisotopic (exact) mass is 445 g/mol. The van der Waals surface area contributed by atoms with Gasteiger partial charge in [0.1, 0.15) is 22.9 Å². The van der Waals surface area contributed by atoms with E-state index in [2.05, 4.69) is 41.3 Å². The van der Waals surface area contributed by atoms with Gasteiger partial charge in [-0.2, -0.15) is 0 Å². The van der Waals surface area contributed by atoms with Gasteiger partial charge in [0.05, 0.1) is 7.11 Å². The number of pyridine rings is 1. The molecule has 33 heavy (non-hydrogen) atoms. The van der Waals surface area contributed by atoms with Gasteiger partial charge in [0.2, 0.25) is 0 Å². The minimum Gasteiger partial charge on any atom is -0.496 e. The Morgan fingerprint density at radius 2 is 1.85 bits per heavy atom. The summed E-state index contributed by atoms with van der Waals surface area (Å²) in [4.78, 5) is 14.2. The van der Waals surface area contributed by atoms with Crippen LogP contribution in [0.15, 0.2) is 30.5 Å². The van der Waals surface area contributed by atoms with Crippen molar-refractivity contribution in [2.45, 2.75) is 41.0 Å². The molecule has 1 aromatic carbocycles. The first-order valence-corrected chi connectivity index (χ1v) is 11.0. The highest BCUT2D eigenvalue weighted by Crippen LogP contribution is 2.29. The lowest BCUT2D eigenvalue weighted by atomic mass is 9.97. The van der Waals surface area contributed by atoms with Gasteiger partial charge in [0.25, 0.3) is 0 Å². The van der Waals surface area contributed by atoms with Gasteiger partial charge in [-0.3, -0.25) is 0 Å². The number of aromatic nitrogens is 6. The zero-order valence-corrected chi connectivity index (χ0v) is 20.4. The fourth-order valence-corrected chi connectivity index (χ4v) is 3.63. The Hall–Kier alpha value is -3.55. The van der Waals surface area contributed by atoms with Crippen LogP contribution in [0.3, 0.4) is 0 Å². The number of anilines is 1. The summed E-state index contributed by atoms with van der Waals surface area (Å²) in [5, 5.41) is 12.9. The zero-order chi connectivity index (χ0) is 23.8. The topological polar surface area (TPSA) is 90.6 Å². The van der Waals surface area contributed by atoms with Gasteiger partial charge in [-0.25, -0.2) is 15.0 Å². The van der Waals surface area contributed by atoms with Crippen LogP contribution in [0.1, 0.15) is 43.7 Å². The van der Waals surface area contributed by atoms with Crippen molar-refractivity contribution in [1.29, 1.82) is 0 Å². The normalized spacial score (nSPS) is 11.7. The van der Waals surface area contributed by atoms with Crippen LogP contribution in [0.4, 0.5) is 5.82 Å². The SMILES string of the molecule is COc1cc(-c2nnc(C)n2C)ccc1Cc1ncc2cc(C)nc(NCC(C)(C)C)c2n1. The number of ether oxygens (including phenoxy) is 1. The molecule has 4 aromatic rings. The summed E-state index contributed by atoms with van der Waals surface area (Å²) < 4.78 is 7.65. The van der Waals surface area contributed by atoms with Gasteiger partial charge < -0.3 is 14.6 Å². The van der Waals surface area contributed by atoms with E-state index in [-0.39, 0.29) is 5.41 Å². The highest BCUT2D eigenvalue weighted by Gasteiger charge is 2.15. The van der Waals surface area contributed by atoms with Crippen LogP contribution < -0.4 is 10.1 Å². The molecule has 0 aliphatic heterocycles. The van der Waals surface area contributed by atoms with E-state index in [0.717, 1.165) is 57.5 Å². The molecular weight excluding hydrogens is 414 g/mol. The lowest BCUT2D eigenvalue weighted by Crippen LogP contribution is -2.20. The second-order valence-electron chi connectivity index (χ2n) is 9.58. The van der Waals surface area contributed by atoms with Crippen LogP contribution in [-0.2, 0) is 13.5 Å². The van der Waals surface area contributed by atoms with Crippen molar-refractivity contribution in [3.05, 3.63) is 53.4 Å². The van der Waals surface area contributed by atoms with E-state index in [0.29, 0.717) is 12.2 Å². The van der Waals surface area contributed by atoms with Crippen molar-refractivity contribution < 1.29 is 4.74 Å². The molecule has 0 fully saturated rings. The fourth-order valence-electron chi connectivity index (χ4n) is 3.63. The predicted octanol–water partition coefficient (Wildman–Crippen LogP) is 4.49. The highest BCUT2D eigenvalue weighted by molar-refractivity contribution is 5.88. The lowest BCUT2D eigenvalue weighted by molar-refractivity contribution is 0.410.